The average molecular weight is 395 g/mol. The van der Waals surface area contributed by atoms with Crippen molar-refractivity contribution in [1.29, 1.82) is 0 Å². The van der Waals surface area contributed by atoms with Crippen LogP contribution in [0.5, 0.6) is 0 Å². The number of oxime groups is 1. The van der Waals surface area contributed by atoms with Crippen molar-refractivity contribution in [2.24, 2.45) is 5.16 Å². The summed E-state index contributed by atoms with van der Waals surface area (Å²) in [6, 6.07) is 8.60. The van der Waals surface area contributed by atoms with Crippen molar-refractivity contribution in [3.8, 4) is 11.3 Å². The first-order chi connectivity index (χ1) is 13.2. The third kappa shape index (κ3) is 5.97. The summed E-state index contributed by atoms with van der Waals surface area (Å²) in [4.78, 5) is 21.7. The SMILES string of the molecule is CCOC(=O)CO/N=C\c1ccc(-c2cc(C(F)(F)F)cc(N(C)C)n2)cc1. The second-order valence-electron chi connectivity index (χ2n) is 5.93. The van der Waals surface area contributed by atoms with Crippen LogP contribution in [-0.4, -0.2) is 44.5 Å². The van der Waals surface area contributed by atoms with E-state index >= 15 is 0 Å². The van der Waals surface area contributed by atoms with Crippen molar-refractivity contribution in [1.82, 2.24) is 4.98 Å². The molecule has 2 rings (SSSR count). The van der Waals surface area contributed by atoms with Gasteiger partial charge in [0, 0.05) is 19.7 Å². The lowest BCUT2D eigenvalue weighted by Crippen LogP contribution is -2.14. The first-order valence-corrected chi connectivity index (χ1v) is 8.38. The van der Waals surface area contributed by atoms with Gasteiger partial charge < -0.3 is 14.5 Å². The summed E-state index contributed by atoms with van der Waals surface area (Å²) >= 11 is 0. The summed E-state index contributed by atoms with van der Waals surface area (Å²) in [6.07, 6.45) is -3.08. The zero-order chi connectivity index (χ0) is 20.7. The van der Waals surface area contributed by atoms with Crippen molar-refractivity contribution < 1.29 is 27.5 Å². The van der Waals surface area contributed by atoms with E-state index in [1.165, 1.54) is 11.1 Å². The fourth-order valence-corrected chi connectivity index (χ4v) is 2.19. The fraction of sp³-hybridized carbons (Fsp3) is 0.316. The molecule has 150 valence electrons. The molecule has 0 aliphatic heterocycles. The minimum Gasteiger partial charge on any atom is -0.463 e. The molecule has 2 aromatic rings. The number of ether oxygens (including phenoxy) is 1. The topological polar surface area (TPSA) is 64.0 Å². The molecule has 0 aliphatic rings. The lowest BCUT2D eigenvalue weighted by molar-refractivity contribution is -0.148. The minimum absolute atomic E-state index is 0.209. The summed E-state index contributed by atoms with van der Waals surface area (Å²) in [6.45, 7) is 1.64. The number of aromatic nitrogens is 1. The molecule has 1 aromatic heterocycles. The number of halogens is 3. The Bertz CT molecular complexity index is 835. The Morgan fingerprint density at radius 2 is 1.89 bits per heavy atom. The molecule has 0 N–H and O–H groups in total. The number of hydrogen-bond acceptors (Lipinski definition) is 6. The highest BCUT2D eigenvalue weighted by atomic mass is 19.4. The van der Waals surface area contributed by atoms with Gasteiger partial charge in [0.1, 0.15) is 5.82 Å². The number of nitrogens with zero attached hydrogens (tertiary/aromatic N) is 3. The van der Waals surface area contributed by atoms with Gasteiger partial charge in [0.25, 0.3) is 0 Å². The Hall–Kier alpha value is -3.10. The van der Waals surface area contributed by atoms with Gasteiger partial charge in [0.05, 0.1) is 24.1 Å². The molecule has 0 radical (unpaired) electrons. The van der Waals surface area contributed by atoms with Crippen LogP contribution >= 0.6 is 0 Å². The largest absolute Gasteiger partial charge is 0.463 e. The summed E-state index contributed by atoms with van der Waals surface area (Å²) in [7, 11) is 3.25. The Morgan fingerprint density at radius 3 is 2.46 bits per heavy atom. The highest BCUT2D eigenvalue weighted by Gasteiger charge is 2.32. The van der Waals surface area contributed by atoms with E-state index in [-0.39, 0.29) is 24.7 Å². The van der Waals surface area contributed by atoms with Crippen LogP contribution in [0.25, 0.3) is 11.3 Å². The molecule has 0 atom stereocenters. The Labute approximate surface area is 160 Å². The Balaban J connectivity index is 2.16. The highest BCUT2D eigenvalue weighted by molar-refractivity contribution is 5.80. The molecule has 0 bridgehead atoms. The number of carbonyl (C=O) groups excluding carboxylic acids is 1. The van der Waals surface area contributed by atoms with Crippen LogP contribution in [-0.2, 0) is 20.5 Å². The molecule has 0 unspecified atom stereocenters. The van der Waals surface area contributed by atoms with E-state index in [1.54, 1.807) is 45.3 Å². The first kappa shape index (κ1) is 21.2. The van der Waals surface area contributed by atoms with Crippen LogP contribution in [0.1, 0.15) is 18.1 Å². The number of esters is 1. The molecule has 28 heavy (non-hydrogen) atoms. The lowest BCUT2D eigenvalue weighted by atomic mass is 10.1. The minimum atomic E-state index is -4.47. The molecule has 0 spiro atoms. The van der Waals surface area contributed by atoms with Crippen molar-refractivity contribution in [2.45, 2.75) is 13.1 Å². The monoisotopic (exact) mass is 395 g/mol. The maximum Gasteiger partial charge on any atom is 0.416 e. The second kappa shape index (κ2) is 9.20. The van der Waals surface area contributed by atoms with Gasteiger partial charge in [-0.1, -0.05) is 29.4 Å². The van der Waals surface area contributed by atoms with Crippen LogP contribution < -0.4 is 4.90 Å². The number of hydrogen-bond donors (Lipinski definition) is 0. The van der Waals surface area contributed by atoms with Crippen LogP contribution in [0.15, 0.2) is 41.6 Å². The number of alkyl halides is 3. The van der Waals surface area contributed by atoms with Gasteiger partial charge >= 0.3 is 12.1 Å². The van der Waals surface area contributed by atoms with E-state index in [0.717, 1.165) is 12.1 Å². The van der Waals surface area contributed by atoms with E-state index in [0.29, 0.717) is 11.1 Å². The van der Waals surface area contributed by atoms with Gasteiger partial charge in [-0.15, -0.1) is 0 Å². The third-order valence-corrected chi connectivity index (χ3v) is 3.57. The predicted octanol–water partition coefficient (Wildman–Crippen LogP) is 3.75. The summed E-state index contributed by atoms with van der Waals surface area (Å²) < 4.78 is 44.2. The number of anilines is 1. The summed E-state index contributed by atoms with van der Waals surface area (Å²) in [5.41, 5.74) is 0.617. The molecule has 0 amide bonds. The maximum atomic E-state index is 13.2. The van der Waals surface area contributed by atoms with Crippen LogP contribution in [0.3, 0.4) is 0 Å². The highest BCUT2D eigenvalue weighted by Crippen LogP contribution is 2.33. The molecule has 9 heteroatoms. The number of rotatable bonds is 7. The summed E-state index contributed by atoms with van der Waals surface area (Å²) in [5.74, 6) is -0.315. The van der Waals surface area contributed by atoms with Gasteiger partial charge in [-0.3, -0.25) is 0 Å². The first-order valence-electron chi connectivity index (χ1n) is 8.38. The van der Waals surface area contributed by atoms with Crippen LogP contribution in [0, 0.1) is 0 Å². The van der Waals surface area contributed by atoms with E-state index < -0.39 is 17.7 Å². The van der Waals surface area contributed by atoms with Crippen molar-refractivity contribution in [2.75, 3.05) is 32.2 Å². The molecule has 0 saturated heterocycles. The average Bonchev–Trinajstić information content (AvgIpc) is 2.65. The van der Waals surface area contributed by atoms with Crippen molar-refractivity contribution in [3.05, 3.63) is 47.5 Å². The molecule has 1 heterocycles. The Kier molecular flexibility index (Phi) is 6.97. The van der Waals surface area contributed by atoms with Gasteiger partial charge in [-0.25, -0.2) is 9.78 Å². The molecular weight excluding hydrogens is 375 g/mol. The quantitative estimate of drug-likeness (QED) is 0.406. The second-order valence-corrected chi connectivity index (χ2v) is 5.93. The molecular formula is C19H20F3N3O3. The molecule has 6 nitrogen and oxygen atoms in total. The fourth-order valence-electron chi connectivity index (χ4n) is 2.19. The van der Waals surface area contributed by atoms with Crippen LogP contribution in [0.4, 0.5) is 19.0 Å². The normalized spacial score (nSPS) is 11.5. The van der Waals surface area contributed by atoms with Gasteiger partial charge in [0.2, 0.25) is 6.61 Å². The van der Waals surface area contributed by atoms with Gasteiger partial charge in [-0.05, 0) is 24.6 Å². The van der Waals surface area contributed by atoms with E-state index in [9.17, 15) is 18.0 Å². The molecule has 0 saturated carbocycles. The number of benzene rings is 1. The lowest BCUT2D eigenvalue weighted by Gasteiger charge is -2.16. The molecule has 0 aliphatic carbocycles. The van der Waals surface area contributed by atoms with Gasteiger partial charge in [-0.2, -0.15) is 13.2 Å². The van der Waals surface area contributed by atoms with Gasteiger partial charge in [0.15, 0.2) is 0 Å². The Morgan fingerprint density at radius 1 is 1.21 bits per heavy atom. The third-order valence-electron chi connectivity index (χ3n) is 3.57. The number of carbonyl (C=O) groups is 1. The van der Waals surface area contributed by atoms with E-state index in [1.807, 2.05) is 0 Å². The van der Waals surface area contributed by atoms with Crippen molar-refractivity contribution in [3.63, 3.8) is 0 Å². The van der Waals surface area contributed by atoms with Crippen molar-refractivity contribution >= 4 is 18.0 Å². The summed E-state index contributed by atoms with van der Waals surface area (Å²) in [5, 5.41) is 3.65. The van der Waals surface area contributed by atoms with E-state index in [4.69, 9.17) is 9.57 Å². The smallest absolute Gasteiger partial charge is 0.416 e. The zero-order valence-corrected chi connectivity index (χ0v) is 15.7. The standard InChI is InChI=1S/C19H20F3N3O3/c1-4-27-18(26)12-28-23-11-13-5-7-14(8-6-13)16-9-15(19(20,21)22)10-17(24-16)25(2)3/h5-11H,4,12H2,1-3H3/b23-11-. The van der Waals surface area contributed by atoms with E-state index in [2.05, 4.69) is 10.1 Å². The molecule has 0 fully saturated rings. The zero-order valence-electron chi connectivity index (χ0n) is 15.7. The molecule has 1 aromatic carbocycles. The van der Waals surface area contributed by atoms with Crippen LogP contribution in [0.2, 0.25) is 0 Å². The maximum absolute atomic E-state index is 13.2. The predicted molar refractivity (Wildman–Crippen MR) is 99.2 cm³/mol. The number of pyridine rings is 1.